The molecule has 0 aliphatic heterocycles. The van der Waals surface area contributed by atoms with Crippen LogP contribution in [0.3, 0.4) is 0 Å². The molecule has 0 saturated carbocycles. The van der Waals surface area contributed by atoms with E-state index in [0.717, 1.165) is 43.4 Å². The van der Waals surface area contributed by atoms with E-state index in [9.17, 15) is 8.42 Å². The van der Waals surface area contributed by atoms with Crippen molar-refractivity contribution in [2.75, 3.05) is 44.7 Å². The van der Waals surface area contributed by atoms with Crippen LogP contribution in [0, 0.1) is 0 Å². The fourth-order valence-corrected chi connectivity index (χ4v) is 3.37. The summed E-state index contributed by atoms with van der Waals surface area (Å²) in [7, 11) is -3.09. The minimum Gasteiger partial charge on any atom is -0.315 e. The number of hydrogen-bond acceptors (Lipinski definition) is 5. The lowest BCUT2D eigenvalue weighted by Gasteiger charge is -2.17. The summed E-state index contributed by atoms with van der Waals surface area (Å²) >= 11 is 1.74. The first-order chi connectivity index (χ1) is 9.97. The van der Waals surface area contributed by atoms with Crippen molar-refractivity contribution in [3.63, 3.8) is 0 Å². The van der Waals surface area contributed by atoms with E-state index in [1.54, 1.807) is 23.9 Å². The maximum atomic E-state index is 11.4. The van der Waals surface area contributed by atoms with Crippen LogP contribution in [0.15, 0.2) is 34.1 Å². The molecule has 1 aromatic carbocycles. The molecule has 1 N–H and O–H groups in total. The molecule has 0 aliphatic carbocycles. The van der Waals surface area contributed by atoms with E-state index in [-0.39, 0.29) is 0 Å². The Labute approximate surface area is 133 Å². The van der Waals surface area contributed by atoms with Gasteiger partial charge in [0.25, 0.3) is 0 Å². The van der Waals surface area contributed by atoms with Crippen molar-refractivity contribution in [2.45, 2.75) is 23.6 Å². The number of likely N-dealkylation sites (N-methyl/N-ethyl adjacent to an activating group) is 1. The lowest BCUT2D eigenvalue weighted by Crippen LogP contribution is -2.32. The lowest BCUT2D eigenvalue weighted by atomic mass is 10.4. The summed E-state index contributed by atoms with van der Waals surface area (Å²) in [5.74, 6) is 0.983. The van der Waals surface area contributed by atoms with E-state index in [0.29, 0.717) is 4.90 Å². The van der Waals surface area contributed by atoms with Gasteiger partial charge < -0.3 is 10.2 Å². The molecule has 1 rings (SSSR count). The molecule has 0 aromatic heterocycles. The molecule has 0 heterocycles. The van der Waals surface area contributed by atoms with Crippen molar-refractivity contribution in [1.29, 1.82) is 0 Å². The minimum atomic E-state index is -3.09. The standard InChI is InChI=1S/C15H26N2O2S2/c1-4-17(5-2)12-10-16-11-13-20-14-6-8-15(9-7-14)21(3,18)19/h6-9,16H,4-5,10-13H2,1-3H3. The smallest absolute Gasteiger partial charge is 0.175 e. The highest BCUT2D eigenvalue weighted by Crippen LogP contribution is 2.19. The summed E-state index contributed by atoms with van der Waals surface area (Å²) < 4.78 is 22.7. The lowest BCUT2D eigenvalue weighted by molar-refractivity contribution is 0.303. The van der Waals surface area contributed by atoms with E-state index in [1.165, 1.54) is 6.26 Å². The first-order valence-corrected chi connectivity index (χ1v) is 10.2. The molecule has 0 amide bonds. The summed E-state index contributed by atoms with van der Waals surface area (Å²) in [6.45, 7) is 9.61. The second-order valence-electron chi connectivity index (χ2n) is 4.87. The zero-order chi connectivity index (χ0) is 15.7. The van der Waals surface area contributed by atoms with Gasteiger partial charge in [0.1, 0.15) is 0 Å². The van der Waals surface area contributed by atoms with Gasteiger partial charge >= 0.3 is 0 Å². The predicted octanol–water partition coefficient (Wildman–Crippen LogP) is 2.11. The Morgan fingerprint density at radius 3 is 2.24 bits per heavy atom. The molecule has 4 nitrogen and oxygen atoms in total. The molecule has 0 atom stereocenters. The Bertz CT molecular complexity index is 497. The Hall–Kier alpha value is -0.560. The maximum absolute atomic E-state index is 11.4. The first kappa shape index (κ1) is 18.5. The molecule has 0 aliphatic rings. The van der Waals surface area contributed by atoms with Gasteiger partial charge in [-0.2, -0.15) is 0 Å². The Morgan fingerprint density at radius 1 is 1.10 bits per heavy atom. The zero-order valence-electron chi connectivity index (χ0n) is 13.1. The van der Waals surface area contributed by atoms with Gasteiger partial charge in [-0.05, 0) is 37.4 Å². The van der Waals surface area contributed by atoms with Gasteiger partial charge in [-0.3, -0.25) is 0 Å². The summed E-state index contributed by atoms with van der Waals surface area (Å²) in [5.41, 5.74) is 0. The van der Waals surface area contributed by atoms with E-state index in [4.69, 9.17) is 0 Å². The summed E-state index contributed by atoms with van der Waals surface area (Å²) in [6.07, 6.45) is 1.23. The summed E-state index contributed by atoms with van der Waals surface area (Å²) in [4.78, 5) is 3.88. The first-order valence-electron chi connectivity index (χ1n) is 7.33. The van der Waals surface area contributed by atoms with Crippen LogP contribution < -0.4 is 5.32 Å². The van der Waals surface area contributed by atoms with Gasteiger partial charge in [0.2, 0.25) is 0 Å². The third kappa shape index (κ3) is 7.31. The van der Waals surface area contributed by atoms with Crippen LogP contribution in [0.25, 0.3) is 0 Å². The van der Waals surface area contributed by atoms with E-state index in [2.05, 4.69) is 24.1 Å². The van der Waals surface area contributed by atoms with Crippen molar-refractivity contribution in [1.82, 2.24) is 10.2 Å². The topological polar surface area (TPSA) is 49.4 Å². The molecule has 0 spiro atoms. The predicted molar refractivity (Wildman–Crippen MR) is 90.9 cm³/mol. The van der Waals surface area contributed by atoms with E-state index < -0.39 is 9.84 Å². The average molecular weight is 331 g/mol. The van der Waals surface area contributed by atoms with Gasteiger partial charge in [0, 0.05) is 36.5 Å². The van der Waals surface area contributed by atoms with Crippen molar-refractivity contribution in [2.24, 2.45) is 0 Å². The summed E-state index contributed by atoms with van der Waals surface area (Å²) in [6, 6.07) is 7.09. The van der Waals surface area contributed by atoms with Crippen molar-refractivity contribution >= 4 is 21.6 Å². The van der Waals surface area contributed by atoms with Gasteiger partial charge in [-0.25, -0.2) is 8.42 Å². The normalized spacial score (nSPS) is 12.0. The highest BCUT2D eigenvalue weighted by Gasteiger charge is 2.06. The molecule has 1 aromatic rings. The van der Waals surface area contributed by atoms with E-state index in [1.807, 2.05) is 12.1 Å². The van der Waals surface area contributed by atoms with Crippen LogP contribution in [0.1, 0.15) is 13.8 Å². The van der Waals surface area contributed by atoms with E-state index >= 15 is 0 Å². The highest BCUT2D eigenvalue weighted by molar-refractivity contribution is 7.99. The number of hydrogen-bond donors (Lipinski definition) is 1. The number of thioether (sulfide) groups is 1. The molecule has 0 unspecified atom stereocenters. The molecule has 21 heavy (non-hydrogen) atoms. The van der Waals surface area contributed by atoms with Crippen LogP contribution in [0.2, 0.25) is 0 Å². The number of sulfone groups is 1. The molecule has 0 saturated heterocycles. The Balaban J connectivity index is 2.21. The number of benzene rings is 1. The van der Waals surface area contributed by atoms with Crippen LogP contribution in [0.5, 0.6) is 0 Å². The number of rotatable bonds is 10. The molecule has 6 heteroatoms. The maximum Gasteiger partial charge on any atom is 0.175 e. The summed E-state index contributed by atoms with van der Waals surface area (Å²) in [5, 5.41) is 3.43. The second kappa shape index (κ2) is 9.46. The molecule has 0 radical (unpaired) electrons. The SMILES string of the molecule is CCN(CC)CCNCCSc1ccc(S(C)(=O)=O)cc1. The zero-order valence-corrected chi connectivity index (χ0v) is 14.8. The fraction of sp³-hybridized carbons (Fsp3) is 0.600. The van der Waals surface area contributed by atoms with Crippen LogP contribution in [0.4, 0.5) is 0 Å². The van der Waals surface area contributed by atoms with Crippen molar-refractivity contribution in [3.05, 3.63) is 24.3 Å². The van der Waals surface area contributed by atoms with Crippen LogP contribution >= 0.6 is 11.8 Å². The average Bonchev–Trinajstić information content (AvgIpc) is 2.46. The van der Waals surface area contributed by atoms with Gasteiger partial charge in [-0.15, -0.1) is 11.8 Å². The third-order valence-electron chi connectivity index (χ3n) is 3.30. The van der Waals surface area contributed by atoms with Gasteiger partial charge in [0.05, 0.1) is 4.90 Å². The fourth-order valence-electron chi connectivity index (χ4n) is 1.93. The number of nitrogens with zero attached hydrogens (tertiary/aromatic N) is 1. The highest BCUT2D eigenvalue weighted by atomic mass is 32.2. The Morgan fingerprint density at radius 2 is 1.71 bits per heavy atom. The van der Waals surface area contributed by atoms with Crippen LogP contribution in [-0.4, -0.2) is 58.1 Å². The monoisotopic (exact) mass is 330 g/mol. The second-order valence-corrected chi connectivity index (χ2v) is 8.05. The van der Waals surface area contributed by atoms with Gasteiger partial charge in [-0.1, -0.05) is 13.8 Å². The molecular weight excluding hydrogens is 304 g/mol. The number of nitrogens with one attached hydrogen (secondary N) is 1. The van der Waals surface area contributed by atoms with Gasteiger partial charge in [0.15, 0.2) is 9.84 Å². The van der Waals surface area contributed by atoms with Crippen molar-refractivity contribution < 1.29 is 8.42 Å². The Kier molecular flexibility index (Phi) is 8.33. The molecule has 120 valence electrons. The third-order valence-corrected chi connectivity index (χ3v) is 5.44. The minimum absolute atomic E-state index is 0.379. The quantitative estimate of drug-likeness (QED) is 0.526. The van der Waals surface area contributed by atoms with Crippen molar-refractivity contribution in [3.8, 4) is 0 Å². The molecule has 0 bridgehead atoms. The van der Waals surface area contributed by atoms with Crippen LogP contribution in [-0.2, 0) is 9.84 Å². The largest absolute Gasteiger partial charge is 0.315 e. The molecular formula is C15H26N2O2S2. The molecule has 0 fully saturated rings.